The minimum Gasteiger partial charge on any atom is -0.341 e. The fourth-order valence-electron chi connectivity index (χ4n) is 3.71. The Morgan fingerprint density at radius 1 is 1.00 bits per heavy atom. The van der Waals surface area contributed by atoms with Crippen molar-refractivity contribution in [2.45, 2.75) is 38.6 Å². The van der Waals surface area contributed by atoms with Crippen molar-refractivity contribution in [2.75, 3.05) is 26.2 Å². The molecule has 2 saturated heterocycles. The molecule has 0 aliphatic carbocycles. The maximum Gasteiger partial charge on any atom is 0.253 e. The van der Waals surface area contributed by atoms with E-state index in [-0.39, 0.29) is 23.8 Å². The van der Waals surface area contributed by atoms with E-state index in [1.165, 1.54) is 0 Å². The Labute approximate surface area is 143 Å². The summed E-state index contributed by atoms with van der Waals surface area (Å²) in [6, 6.07) is 7.74. The summed E-state index contributed by atoms with van der Waals surface area (Å²) in [5, 5.41) is 0. The van der Waals surface area contributed by atoms with Crippen LogP contribution in [0.4, 0.5) is 0 Å². The molecule has 3 rings (SSSR count). The molecule has 1 aromatic rings. The Balaban J connectivity index is 1.64. The maximum absolute atomic E-state index is 12.8. The van der Waals surface area contributed by atoms with E-state index in [0.717, 1.165) is 44.3 Å². The summed E-state index contributed by atoms with van der Waals surface area (Å²) in [6.45, 7) is 4.72. The second-order valence-electron chi connectivity index (χ2n) is 7.14. The Bertz CT molecular complexity index is 599. The third-order valence-corrected chi connectivity index (χ3v) is 5.13. The highest BCUT2D eigenvalue weighted by Crippen LogP contribution is 2.22. The number of benzene rings is 1. The average molecular weight is 329 g/mol. The zero-order valence-corrected chi connectivity index (χ0v) is 14.4. The largest absolute Gasteiger partial charge is 0.341 e. The van der Waals surface area contributed by atoms with Gasteiger partial charge >= 0.3 is 0 Å². The lowest BCUT2D eigenvalue weighted by atomic mass is 9.94. The number of nitrogens with two attached hydrogens (primary N) is 1. The molecule has 2 N–H and O–H groups in total. The van der Waals surface area contributed by atoms with Gasteiger partial charge in [-0.2, -0.15) is 0 Å². The third kappa shape index (κ3) is 3.78. The molecule has 2 aliphatic heterocycles. The van der Waals surface area contributed by atoms with Crippen LogP contribution in [0.15, 0.2) is 24.3 Å². The summed E-state index contributed by atoms with van der Waals surface area (Å²) in [5.74, 6) is 0.118. The lowest BCUT2D eigenvalue weighted by Crippen LogP contribution is -2.51. The molecule has 1 aromatic carbocycles. The summed E-state index contributed by atoms with van der Waals surface area (Å²) in [5.41, 5.74) is 7.84. The molecule has 0 aromatic heterocycles. The number of nitrogens with zero attached hydrogens (tertiary/aromatic N) is 2. The number of hydrogen-bond donors (Lipinski definition) is 1. The Kier molecular flexibility index (Phi) is 5.19. The lowest BCUT2D eigenvalue weighted by molar-refractivity contribution is -0.138. The van der Waals surface area contributed by atoms with Gasteiger partial charge in [-0.15, -0.1) is 0 Å². The van der Waals surface area contributed by atoms with Crippen LogP contribution >= 0.6 is 0 Å². The fraction of sp³-hybridized carbons (Fsp3) is 0.579. The van der Waals surface area contributed by atoms with E-state index in [4.69, 9.17) is 5.73 Å². The minimum absolute atomic E-state index is 0.0304. The first-order chi connectivity index (χ1) is 11.5. The van der Waals surface area contributed by atoms with Crippen LogP contribution < -0.4 is 5.73 Å². The molecule has 5 nitrogen and oxygen atoms in total. The molecule has 0 saturated carbocycles. The van der Waals surface area contributed by atoms with Gasteiger partial charge in [0.15, 0.2) is 0 Å². The SMILES string of the molecule is Cc1ccc(C(=O)N2CCCC(C(=O)N3CCCC(N)C3)C2)cc1. The van der Waals surface area contributed by atoms with Crippen LogP contribution in [-0.4, -0.2) is 53.8 Å². The quantitative estimate of drug-likeness (QED) is 0.900. The summed E-state index contributed by atoms with van der Waals surface area (Å²) in [6.07, 6.45) is 3.72. The van der Waals surface area contributed by atoms with E-state index in [1.807, 2.05) is 41.0 Å². The van der Waals surface area contributed by atoms with Gasteiger partial charge in [-0.3, -0.25) is 9.59 Å². The summed E-state index contributed by atoms with van der Waals surface area (Å²) >= 11 is 0. The first-order valence-corrected chi connectivity index (χ1v) is 8.95. The van der Waals surface area contributed by atoms with Crippen molar-refractivity contribution in [3.63, 3.8) is 0 Å². The van der Waals surface area contributed by atoms with Gasteiger partial charge in [0.05, 0.1) is 5.92 Å². The van der Waals surface area contributed by atoms with Gasteiger partial charge in [0.1, 0.15) is 0 Å². The second-order valence-corrected chi connectivity index (χ2v) is 7.14. The summed E-state index contributed by atoms with van der Waals surface area (Å²) in [4.78, 5) is 29.2. The van der Waals surface area contributed by atoms with Crippen LogP contribution in [-0.2, 0) is 4.79 Å². The van der Waals surface area contributed by atoms with Crippen molar-refractivity contribution in [3.8, 4) is 0 Å². The summed E-state index contributed by atoms with van der Waals surface area (Å²) < 4.78 is 0. The third-order valence-electron chi connectivity index (χ3n) is 5.13. The van der Waals surface area contributed by atoms with Crippen molar-refractivity contribution in [2.24, 2.45) is 11.7 Å². The van der Waals surface area contributed by atoms with Crippen molar-refractivity contribution in [1.82, 2.24) is 9.80 Å². The van der Waals surface area contributed by atoms with Gasteiger partial charge in [0.2, 0.25) is 5.91 Å². The number of hydrogen-bond acceptors (Lipinski definition) is 3. The number of carbonyl (C=O) groups is 2. The van der Waals surface area contributed by atoms with E-state index in [2.05, 4.69) is 0 Å². The summed E-state index contributed by atoms with van der Waals surface area (Å²) in [7, 11) is 0. The van der Waals surface area contributed by atoms with Crippen LogP contribution in [0.25, 0.3) is 0 Å². The van der Waals surface area contributed by atoms with Crippen LogP contribution in [0.5, 0.6) is 0 Å². The van der Waals surface area contributed by atoms with Gasteiger partial charge in [-0.1, -0.05) is 17.7 Å². The van der Waals surface area contributed by atoms with E-state index in [9.17, 15) is 9.59 Å². The van der Waals surface area contributed by atoms with Crippen molar-refractivity contribution < 1.29 is 9.59 Å². The maximum atomic E-state index is 12.8. The minimum atomic E-state index is -0.0848. The van der Waals surface area contributed by atoms with E-state index < -0.39 is 0 Å². The van der Waals surface area contributed by atoms with Gasteiger partial charge in [-0.25, -0.2) is 0 Å². The first-order valence-electron chi connectivity index (χ1n) is 8.95. The second kappa shape index (κ2) is 7.34. The molecule has 2 fully saturated rings. The van der Waals surface area contributed by atoms with Crippen molar-refractivity contribution >= 4 is 11.8 Å². The molecule has 2 unspecified atom stereocenters. The molecule has 2 amide bonds. The zero-order chi connectivity index (χ0) is 17.1. The Morgan fingerprint density at radius 3 is 2.38 bits per heavy atom. The van der Waals surface area contributed by atoms with Gasteiger partial charge in [0, 0.05) is 37.8 Å². The van der Waals surface area contributed by atoms with Gasteiger partial charge < -0.3 is 15.5 Å². The number of piperidine rings is 2. The van der Waals surface area contributed by atoms with Crippen LogP contribution in [0, 0.1) is 12.8 Å². The lowest BCUT2D eigenvalue weighted by Gasteiger charge is -2.37. The zero-order valence-electron chi connectivity index (χ0n) is 14.4. The predicted molar refractivity (Wildman–Crippen MR) is 93.6 cm³/mol. The first kappa shape index (κ1) is 17.0. The predicted octanol–water partition coefficient (Wildman–Crippen LogP) is 1.80. The molecule has 2 heterocycles. The molecule has 0 bridgehead atoms. The Morgan fingerprint density at radius 2 is 1.67 bits per heavy atom. The standard InChI is InChI=1S/C19H27N3O2/c1-14-6-8-15(9-7-14)18(23)21-10-2-4-16(12-21)19(24)22-11-3-5-17(20)13-22/h6-9,16-17H,2-5,10-13,20H2,1H3. The van der Waals surface area contributed by atoms with Crippen molar-refractivity contribution in [3.05, 3.63) is 35.4 Å². The van der Waals surface area contributed by atoms with E-state index in [1.54, 1.807) is 0 Å². The van der Waals surface area contributed by atoms with Crippen LogP contribution in [0.3, 0.4) is 0 Å². The van der Waals surface area contributed by atoms with Gasteiger partial charge in [-0.05, 0) is 44.7 Å². The molecule has 0 spiro atoms. The van der Waals surface area contributed by atoms with E-state index >= 15 is 0 Å². The van der Waals surface area contributed by atoms with Crippen LogP contribution in [0.2, 0.25) is 0 Å². The van der Waals surface area contributed by atoms with Gasteiger partial charge in [0.25, 0.3) is 5.91 Å². The molecular weight excluding hydrogens is 302 g/mol. The van der Waals surface area contributed by atoms with Crippen molar-refractivity contribution in [1.29, 1.82) is 0 Å². The highest BCUT2D eigenvalue weighted by atomic mass is 16.2. The highest BCUT2D eigenvalue weighted by molar-refractivity contribution is 5.94. The average Bonchev–Trinajstić information content (AvgIpc) is 2.61. The molecule has 130 valence electrons. The number of amides is 2. The number of aryl methyl sites for hydroxylation is 1. The topological polar surface area (TPSA) is 66.6 Å². The molecule has 5 heteroatoms. The molecule has 2 aliphatic rings. The monoisotopic (exact) mass is 329 g/mol. The molecule has 0 radical (unpaired) electrons. The number of rotatable bonds is 2. The van der Waals surface area contributed by atoms with E-state index in [0.29, 0.717) is 18.7 Å². The number of likely N-dealkylation sites (tertiary alicyclic amines) is 2. The highest BCUT2D eigenvalue weighted by Gasteiger charge is 2.32. The molecular formula is C19H27N3O2. The molecule has 24 heavy (non-hydrogen) atoms. The van der Waals surface area contributed by atoms with Crippen LogP contribution in [0.1, 0.15) is 41.6 Å². The Hall–Kier alpha value is -1.88. The molecule has 2 atom stereocenters. The fourth-order valence-corrected chi connectivity index (χ4v) is 3.71. The smallest absolute Gasteiger partial charge is 0.253 e. The normalized spacial score (nSPS) is 24.8. The number of carbonyl (C=O) groups excluding carboxylic acids is 2.